The molecule has 0 spiro atoms. The third-order valence-electron chi connectivity index (χ3n) is 5.78. The maximum absolute atomic E-state index is 13.5. The first-order valence-electron chi connectivity index (χ1n) is 10.1. The topological polar surface area (TPSA) is 50.4 Å². The summed E-state index contributed by atoms with van der Waals surface area (Å²) in [6.45, 7) is 0. The second kappa shape index (κ2) is 7.62. The predicted octanol–water partition coefficient (Wildman–Crippen LogP) is 5.88. The number of para-hydroxylation sites is 1. The Morgan fingerprint density at radius 3 is 1.48 bits per heavy atom. The van der Waals surface area contributed by atoms with Crippen molar-refractivity contribution < 1.29 is 9.52 Å². The number of hydrogen-bond donors (Lipinski definition) is 1. The van der Waals surface area contributed by atoms with Gasteiger partial charge in [-0.25, -0.2) is 4.79 Å². The molecule has 0 aliphatic heterocycles. The smallest absolute Gasteiger partial charge is 0.344 e. The van der Waals surface area contributed by atoms with Gasteiger partial charge >= 0.3 is 5.63 Å². The van der Waals surface area contributed by atoms with E-state index in [-0.39, 0.29) is 11.3 Å². The van der Waals surface area contributed by atoms with E-state index >= 15 is 0 Å². The van der Waals surface area contributed by atoms with Gasteiger partial charge in [-0.1, -0.05) is 103 Å². The molecule has 3 nitrogen and oxygen atoms in total. The summed E-state index contributed by atoms with van der Waals surface area (Å²) in [6.07, 6.45) is 0. The molecule has 0 unspecified atom stereocenters. The first-order chi connectivity index (χ1) is 15.2. The molecule has 0 saturated heterocycles. The second-order valence-electron chi connectivity index (χ2n) is 7.46. The molecule has 0 amide bonds. The van der Waals surface area contributed by atoms with Crippen molar-refractivity contribution in [3.63, 3.8) is 0 Å². The lowest BCUT2D eigenvalue weighted by molar-refractivity contribution is 0.445. The minimum Gasteiger partial charge on any atom is -0.507 e. The Bertz CT molecular complexity index is 1290. The largest absolute Gasteiger partial charge is 0.507 e. The SMILES string of the molecule is O=c1oc2ccccc2c(O)c1C(c1ccccc1)(c1ccccc1)c1ccccc1. The van der Waals surface area contributed by atoms with Crippen LogP contribution in [0.2, 0.25) is 0 Å². The third kappa shape index (κ3) is 2.94. The molecular weight excluding hydrogens is 384 g/mol. The fourth-order valence-electron chi connectivity index (χ4n) is 4.46. The molecule has 0 fully saturated rings. The molecule has 0 atom stereocenters. The van der Waals surface area contributed by atoms with E-state index in [1.807, 2.05) is 97.1 Å². The van der Waals surface area contributed by atoms with Crippen molar-refractivity contribution in [3.05, 3.63) is 148 Å². The fraction of sp³-hybridized carbons (Fsp3) is 0.0357. The summed E-state index contributed by atoms with van der Waals surface area (Å²) in [5, 5.41) is 12.0. The van der Waals surface area contributed by atoms with Crippen LogP contribution in [0.4, 0.5) is 0 Å². The summed E-state index contributed by atoms with van der Waals surface area (Å²) in [6, 6.07) is 36.4. The van der Waals surface area contributed by atoms with Crippen molar-refractivity contribution in [2.75, 3.05) is 0 Å². The zero-order valence-corrected chi connectivity index (χ0v) is 16.7. The monoisotopic (exact) mass is 404 g/mol. The number of aromatic hydroxyl groups is 1. The van der Waals surface area contributed by atoms with Crippen LogP contribution in [0, 0.1) is 0 Å². The summed E-state index contributed by atoms with van der Waals surface area (Å²) < 4.78 is 5.73. The van der Waals surface area contributed by atoms with Crippen LogP contribution in [0.1, 0.15) is 22.3 Å². The number of hydrogen-bond acceptors (Lipinski definition) is 3. The van der Waals surface area contributed by atoms with Gasteiger partial charge in [0.25, 0.3) is 0 Å². The van der Waals surface area contributed by atoms with Gasteiger partial charge in [0.15, 0.2) is 0 Å². The standard InChI is InChI=1S/C28H20O3/c29-26-23-18-10-11-19-24(23)31-27(30)25(26)28(20-12-4-1-5-13-20,21-14-6-2-7-15-21)22-16-8-3-9-17-22/h1-19,29H. The van der Waals surface area contributed by atoms with Crippen molar-refractivity contribution >= 4 is 11.0 Å². The highest BCUT2D eigenvalue weighted by molar-refractivity contribution is 5.85. The Morgan fingerprint density at radius 1 is 0.581 bits per heavy atom. The van der Waals surface area contributed by atoms with Gasteiger partial charge in [0.1, 0.15) is 11.3 Å². The van der Waals surface area contributed by atoms with Crippen LogP contribution in [0.5, 0.6) is 5.75 Å². The molecule has 4 aromatic carbocycles. The van der Waals surface area contributed by atoms with Crippen LogP contribution in [-0.4, -0.2) is 5.11 Å². The molecule has 5 rings (SSSR count). The average molecular weight is 404 g/mol. The highest BCUT2D eigenvalue weighted by Crippen LogP contribution is 2.47. The predicted molar refractivity (Wildman–Crippen MR) is 122 cm³/mol. The molecule has 0 radical (unpaired) electrons. The lowest BCUT2D eigenvalue weighted by Gasteiger charge is -2.36. The summed E-state index contributed by atoms with van der Waals surface area (Å²) in [4.78, 5) is 13.5. The maximum Gasteiger partial charge on any atom is 0.344 e. The van der Waals surface area contributed by atoms with Crippen LogP contribution in [0.3, 0.4) is 0 Å². The number of rotatable bonds is 4. The van der Waals surface area contributed by atoms with E-state index in [2.05, 4.69) is 0 Å². The van der Waals surface area contributed by atoms with Crippen molar-refractivity contribution in [2.45, 2.75) is 5.41 Å². The Morgan fingerprint density at radius 2 is 1.00 bits per heavy atom. The Labute approximate surface area is 179 Å². The zero-order valence-electron chi connectivity index (χ0n) is 16.7. The van der Waals surface area contributed by atoms with Gasteiger partial charge in [-0.05, 0) is 28.8 Å². The highest BCUT2D eigenvalue weighted by atomic mass is 16.4. The van der Waals surface area contributed by atoms with Crippen molar-refractivity contribution in [2.24, 2.45) is 0 Å². The van der Waals surface area contributed by atoms with E-state index in [0.717, 1.165) is 16.7 Å². The van der Waals surface area contributed by atoms with Crippen molar-refractivity contribution in [3.8, 4) is 5.75 Å². The van der Waals surface area contributed by atoms with Crippen molar-refractivity contribution in [1.29, 1.82) is 0 Å². The summed E-state index contributed by atoms with van der Waals surface area (Å²) in [5.74, 6) is -0.0663. The Balaban J connectivity index is 2.02. The van der Waals surface area contributed by atoms with Gasteiger partial charge in [-0.2, -0.15) is 0 Å². The van der Waals surface area contributed by atoms with Crippen LogP contribution < -0.4 is 5.63 Å². The molecule has 3 heteroatoms. The molecular formula is C28H20O3. The lowest BCUT2D eigenvalue weighted by atomic mass is 9.65. The maximum atomic E-state index is 13.5. The molecule has 0 aliphatic carbocycles. The van der Waals surface area contributed by atoms with Gasteiger partial charge in [-0.15, -0.1) is 0 Å². The molecule has 0 aliphatic rings. The molecule has 1 heterocycles. The second-order valence-corrected chi connectivity index (χ2v) is 7.46. The van der Waals surface area contributed by atoms with Gasteiger partial charge in [-0.3, -0.25) is 0 Å². The van der Waals surface area contributed by atoms with Crippen LogP contribution in [0.25, 0.3) is 11.0 Å². The van der Waals surface area contributed by atoms with Gasteiger partial charge in [0.05, 0.1) is 16.4 Å². The lowest BCUT2D eigenvalue weighted by Crippen LogP contribution is -2.36. The number of benzene rings is 4. The summed E-state index contributed by atoms with van der Waals surface area (Å²) >= 11 is 0. The quantitative estimate of drug-likeness (QED) is 0.301. The Hall–Kier alpha value is -4.11. The molecule has 1 aromatic heterocycles. The van der Waals surface area contributed by atoms with E-state index in [1.54, 1.807) is 18.2 Å². The molecule has 31 heavy (non-hydrogen) atoms. The molecule has 0 bridgehead atoms. The molecule has 5 aromatic rings. The normalized spacial score (nSPS) is 11.5. The Kier molecular flexibility index (Phi) is 4.64. The van der Waals surface area contributed by atoms with E-state index in [0.29, 0.717) is 11.0 Å². The minimum absolute atomic E-state index is 0.0663. The summed E-state index contributed by atoms with van der Waals surface area (Å²) in [7, 11) is 0. The van der Waals surface area contributed by atoms with Crippen LogP contribution in [0.15, 0.2) is 124 Å². The number of fused-ring (bicyclic) bond motifs is 1. The van der Waals surface area contributed by atoms with Gasteiger partial charge in [0, 0.05) is 0 Å². The molecule has 150 valence electrons. The zero-order chi connectivity index (χ0) is 21.3. The summed E-state index contributed by atoms with van der Waals surface area (Å²) in [5.41, 5.74) is 1.54. The van der Waals surface area contributed by atoms with E-state index in [1.165, 1.54) is 0 Å². The minimum atomic E-state index is -1.06. The first kappa shape index (κ1) is 18.9. The fourth-order valence-corrected chi connectivity index (χ4v) is 4.46. The van der Waals surface area contributed by atoms with Gasteiger partial charge < -0.3 is 9.52 Å². The average Bonchev–Trinajstić information content (AvgIpc) is 2.83. The van der Waals surface area contributed by atoms with Crippen molar-refractivity contribution in [1.82, 2.24) is 0 Å². The highest BCUT2D eigenvalue weighted by Gasteiger charge is 2.43. The van der Waals surface area contributed by atoms with E-state index in [9.17, 15) is 9.90 Å². The molecule has 0 saturated carbocycles. The van der Waals surface area contributed by atoms with Crippen LogP contribution in [-0.2, 0) is 5.41 Å². The molecule has 1 N–H and O–H groups in total. The van der Waals surface area contributed by atoms with E-state index < -0.39 is 11.0 Å². The van der Waals surface area contributed by atoms with Gasteiger partial charge in [0.2, 0.25) is 0 Å². The van der Waals surface area contributed by atoms with Crippen LogP contribution >= 0.6 is 0 Å². The first-order valence-corrected chi connectivity index (χ1v) is 10.1. The van der Waals surface area contributed by atoms with E-state index in [4.69, 9.17) is 4.42 Å². The third-order valence-corrected chi connectivity index (χ3v) is 5.78.